The van der Waals surface area contributed by atoms with Gasteiger partial charge in [-0.15, -0.1) is 0 Å². The number of anilines is 1. The lowest BCUT2D eigenvalue weighted by atomic mass is 10.1. The van der Waals surface area contributed by atoms with Gasteiger partial charge >= 0.3 is 0 Å². The maximum Gasteiger partial charge on any atom is 0.0628 e. The molecule has 0 saturated heterocycles. The van der Waals surface area contributed by atoms with Gasteiger partial charge in [0.2, 0.25) is 0 Å². The molecule has 2 heteroatoms. The molecule has 0 aliphatic heterocycles. The van der Waals surface area contributed by atoms with Crippen LogP contribution in [0.5, 0.6) is 0 Å². The molecule has 2 nitrogen and oxygen atoms in total. The second kappa shape index (κ2) is 3.59. The molecule has 0 atom stereocenters. The van der Waals surface area contributed by atoms with Gasteiger partial charge in [0, 0.05) is 5.69 Å². The number of nitrogens with one attached hydrogen (secondary N) is 1. The normalized spacial score (nSPS) is 10.0. The van der Waals surface area contributed by atoms with Crippen molar-refractivity contribution in [2.45, 2.75) is 20.8 Å². The highest BCUT2D eigenvalue weighted by molar-refractivity contribution is 5.54. The summed E-state index contributed by atoms with van der Waals surface area (Å²) in [5.74, 6) is 0. The topological polar surface area (TPSA) is 38.0 Å². The molecule has 66 valence electrons. The largest absolute Gasteiger partial charge is 0.372 e. The van der Waals surface area contributed by atoms with Gasteiger partial charge in [0.05, 0.1) is 6.67 Å². The molecule has 3 N–H and O–H groups in total. The zero-order chi connectivity index (χ0) is 9.14. The van der Waals surface area contributed by atoms with Crippen molar-refractivity contribution in [3.8, 4) is 0 Å². The molecular weight excluding hydrogens is 148 g/mol. The van der Waals surface area contributed by atoms with Crippen LogP contribution in [0.25, 0.3) is 0 Å². The Balaban J connectivity index is 3.05. The van der Waals surface area contributed by atoms with Crippen molar-refractivity contribution in [3.63, 3.8) is 0 Å². The zero-order valence-electron chi connectivity index (χ0n) is 7.94. The van der Waals surface area contributed by atoms with Crippen molar-refractivity contribution in [2.24, 2.45) is 5.73 Å². The highest BCUT2D eigenvalue weighted by atomic mass is 15.0. The highest BCUT2D eigenvalue weighted by Gasteiger charge is 1.99. The Morgan fingerprint density at radius 3 is 2.25 bits per heavy atom. The number of hydrogen-bond donors (Lipinski definition) is 2. The summed E-state index contributed by atoms with van der Waals surface area (Å²) < 4.78 is 0. The van der Waals surface area contributed by atoms with Crippen LogP contribution >= 0.6 is 0 Å². The Morgan fingerprint density at radius 1 is 1.08 bits per heavy atom. The molecule has 1 aromatic carbocycles. The molecule has 0 amide bonds. The average Bonchev–Trinajstić information content (AvgIpc) is 2.01. The summed E-state index contributed by atoms with van der Waals surface area (Å²) in [5.41, 5.74) is 10.4. The van der Waals surface area contributed by atoms with Crippen LogP contribution in [0.1, 0.15) is 16.7 Å². The molecule has 0 spiro atoms. The predicted octanol–water partition coefficient (Wildman–Crippen LogP) is 1.94. The van der Waals surface area contributed by atoms with Crippen LogP contribution in [0.15, 0.2) is 12.1 Å². The summed E-state index contributed by atoms with van der Waals surface area (Å²) >= 11 is 0. The average molecular weight is 164 g/mol. The summed E-state index contributed by atoms with van der Waals surface area (Å²) in [4.78, 5) is 0. The number of hydrogen-bond acceptors (Lipinski definition) is 2. The van der Waals surface area contributed by atoms with Gasteiger partial charge in [-0.3, -0.25) is 0 Å². The van der Waals surface area contributed by atoms with Crippen LogP contribution in [-0.4, -0.2) is 6.67 Å². The number of aryl methyl sites for hydroxylation is 3. The van der Waals surface area contributed by atoms with E-state index in [-0.39, 0.29) is 0 Å². The molecule has 0 bridgehead atoms. The van der Waals surface area contributed by atoms with Crippen LogP contribution in [0.4, 0.5) is 5.69 Å². The van der Waals surface area contributed by atoms with Crippen molar-refractivity contribution >= 4 is 5.69 Å². The minimum absolute atomic E-state index is 0.489. The Bertz CT molecular complexity index is 279. The third-order valence-electron chi connectivity index (χ3n) is 2.13. The maximum absolute atomic E-state index is 5.41. The second-order valence-electron chi connectivity index (χ2n) is 3.13. The lowest BCUT2D eigenvalue weighted by molar-refractivity contribution is 1.13. The van der Waals surface area contributed by atoms with E-state index in [4.69, 9.17) is 5.73 Å². The highest BCUT2D eigenvalue weighted by Crippen LogP contribution is 2.19. The molecular formula is C10H16N2. The standard InChI is InChI=1S/C10H16N2/c1-7-4-9(3)10(12-6-11)5-8(7)2/h4-5,12H,6,11H2,1-3H3. The first-order valence-electron chi connectivity index (χ1n) is 4.17. The van der Waals surface area contributed by atoms with Crippen molar-refractivity contribution < 1.29 is 0 Å². The van der Waals surface area contributed by atoms with Crippen LogP contribution in [-0.2, 0) is 0 Å². The van der Waals surface area contributed by atoms with Gasteiger partial charge in [-0.25, -0.2) is 0 Å². The van der Waals surface area contributed by atoms with Crippen LogP contribution in [0.3, 0.4) is 0 Å². The fraction of sp³-hybridized carbons (Fsp3) is 0.400. The van der Waals surface area contributed by atoms with E-state index in [0.29, 0.717) is 6.67 Å². The molecule has 1 aromatic rings. The quantitative estimate of drug-likeness (QED) is 0.655. The first kappa shape index (κ1) is 9.07. The molecule has 12 heavy (non-hydrogen) atoms. The molecule has 0 radical (unpaired) electrons. The Morgan fingerprint density at radius 2 is 1.67 bits per heavy atom. The summed E-state index contributed by atoms with van der Waals surface area (Å²) in [7, 11) is 0. The summed E-state index contributed by atoms with van der Waals surface area (Å²) in [6, 6.07) is 4.31. The van der Waals surface area contributed by atoms with E-state index in [1.807, 2.05) is 0 Å². The fourth-order valence-corrected chi connectivity index (χ4v) is 1.26. The van der Waals surface area contributed by atoms with Gasteiger partial charge in [0.1, 0.15) is 0 Å². The predicted molar refractivity (Wildman–Crippen MR) is 53.3 cm³/mol. The number of rotatable bonds is 2. The Labute approximate surface area is 73.8 Å². The molecule has 0 unspecified atom stereocenters. The molecule has 0 aromatic heterocycles. The Kier molecular flexibility index (Phi) is 2.71. The molecule has 0 heterocycles. The first-order chi connectivity index (χ1) is 5.65. The van der Waals surface area contributed by atoms with E-state index in [0.717, 1.165) is 5.69 Å². The van der Waals surface area contributed by atoms with Crippen molar-refractivity contribution in [3.05, 3.63) is 28.8 Å². The van der Waals surface area contributed by atoms with Gasteiger partial charge in [-0.05, 0) is 43.5 Å². The number of benzene rings is 1. The van der Waals surface area contributed by atoms with Gasteiger partial charge in [0.15, 0.2) is 0 Å². The second-order valence-corrected chi connectivity index (χ2v) is 3.13. The minimum atomic E-state index is 0.489. The lowest BCUT2D eigenvalue weighted by Gasteiger charge is -2.10. The first-order valence-corrected chi connectivity index (χ1v) is 4.17. The zero-order valence-corrected chi connectivity index (χ0v) is 7.94. The van der Waals surface area contributed by atoms with E-state index in [9.17, 15) is 0 Å². The van der Waals surface area contributed by atoms with E-state index in [2.05, 4.69) is 38.2 Å². The van der Waals surface area contributed by atoms with Crippen LogP contribution in [0, 0.1) is 20.8 Å². The molecule has 0 saturated carbocycles. The third kappa shape index (κ3) is 1.77. The van der Waals surface area contributed by atoms with E-state index in [1.165, 1.54) is 16.7 Å². The van der Waals surface area contributed by atoms with Crippen molar-refractivity contribution in [2.75, 3.05) is 12.0 Å². The Hall–Kier alpha value is -1.02. The molecule has 0 fully saturated rings. The van der Waals surface area contributed by atoms with E-state index in [1.54, 1.807) is 0 Å². The summed E-state index contributed by atoms with van der Waals surface area (Å²) in [6.07, 6.45) is 0. The maximum atomic E-state index is 5.41. The number of nitrogens with two attached hydrogens (primary N) is 1. The summed E-state index contributed by atoms with van der Waals surface area (Å²) in [6.45, 7) is 6.80. The van der Waals surface area contributed by atoms with Crippen molar-refractivity contribution in [1.82, 2.24) is 0 Å². The van der Waals surface area contributed by atoms with E-state index >= 15 is 0 Å². The van der Waals surface area contributed by atoms with Gasteiger partial charge < -0.3 is 11.1 Å². The smallest absolute Gasteiger partial charge is 0.0628 e. The third-order valence-corrected chi connectivity index (χ3v) is 2.13. The lowest BCUT2D eigenvalue weighted by Crippen LogP contribution is -2.11. The van der Waals surface area contributed by atoms with Gasteiger partial charge in [0.25, 0.3) is 0 Å². The molecule has 0 aliphatic carbocycles. The van der Waals surface area contributed by atoms with Gasteiger partial charge in [-0.2, -0.15) is 0 Å². The minimum Gasteiger partial charge on any atom is -0.372 e. The molecule has 0 aliphatic rings. The summed E-state index contributed by atoms with van der Waals surface area (Å²) in [5, 5.41) is 3.12. The molecule has 1 rings (SSSR count). The van der Waals surface area contributed by atoms with Gasteiger partial charge in [-0.1, -0.05) is 6.07 Å². The van der Waals surface area contributed by atoms with Crippen LogP contribution in [0.2, 0.25) is 0 Å². The monoisotopic (exact) mass is 164 g/mol. The van der Waals surface area contributed by atoms with E-state index < -0.39 is 0 Å². The van der Waals surface area contributed by atoms with Crippen molar-refractivity contribution in [1.29, 1.82) is 0 Å². The fourth-order valence-electron chi connectivity index (χ4n) is 1.26. The SMILES string of the molecule is Cc1cc(C)c(NCN)cc1C. The van der Waals surface area contributed by atoms with Crippen LogP contribution < -0.4 is 11.1 Å².